The van der Waals surface area contributed by atoms with E-state index in [2.05, 4.69) is 27.4 Å². The summed E-state index contributed by atoms with van der Waals surface area (Å²) in [7, 11) is 0. The van der Waals surface area contributed by atoms with Gasteiger partial charge in [-0.1, -0.05) is 36.4 Å². The zero-order valence-corrected chi connectivity index (χ0v) is 13.9. The normalized spacial score (nSPS) is 14.9. The summed E-state index contributed by atoms with van der Waals surface area (Å²) in [5.74, 6) is 0.935. The number of pyridine rings is 1. The first-order chi connectivity index (χ1) is 12.3. The quantitative estimate of drug-likeness (QED) is 0.755. The number of amides is 1. The average molecular weight is 332 g/mol. The summed E-state index contributed by atoms with van der Waals surface area (Å²) in [4.78, 5) is 21.2. The molecule has 1 aliphatic carbocycles. The Bertz CT molecular complexity index is 854. The predicted molar refractivity (Wildman–Crippen MR) is 95.0 cm³/mol. The number of carbonyl (C=O) groups excluding carboxylic acids is 1. The molecule has 1 fully saturated rings. The van der Waals surface area contributed by atoms with E-state index in [0.29, 0.717) is 6.54 Å². The molecule has 0 aliphatic heterocycles. The number of rotatable bonds is 6. The van der Waals surface area contributed by atoms with Crippen LogP contribution in [0, 0.1) is 5.41 Å². The van der Waals surface area contributed by atoms with Gasteiger partial charge in [0.15, 0.2) is 0 Å². The van der Waals surface area contributed by atoms with Gasteiger partial charge in [-0.05, 0) is 30.9 Å². The van der Waals surface area contributed by atoms with Crippen molar-refractivity contribution in [2.24, 2.45) is 5.41 Å². The van der Waals surface area contributed by atoms with Crippen LogP contribution in [0.1, 0.15) is 24.0 Å². The molecule has 2 aromatic heterocycles. The molecule has 2 heterocycles. The highest BCUT2D eigenvalue weighted by atomic mass is 16.2. The predicted octanol–water partition coefficient (Wildman–Crippen LogP) is 2.91. The lowest BCUT2D eigenvalue weighted by molar-refractivity contribution is -0.126. The number of carbonyl (C=O) groups is 1. The minimum Gasteiger partial charge on any atom is -0.351 e. The Morgan fingerprint density at radius 2 is 1.96 bits per heavy atom. The molecule has 0 spiro atoms. The zero-order valence-electron chi connectivity index (χ0n) is 13.9. The van der Waals surface area contributed by atoms with E-state index in [-0.39, 0.29) is 11.3 Å². The van der Waals surface area contributed by atoms with Crippen LogP contribution in [0.15, 0.2) is 67.4 Å². The van der Waals surface area contributed by atoms with Crippen LogP contribution in [0.2, 0.25) is 0 Å². The topological polar surface area (TPSA) is 59.8 Å². The molecule has 0 bridgehead atoms. The number of nitrogens with zero attached hydrogens (tertiary/aromatic N) is 3. The van der Waals surface area contributed by atoms with E-state index < -0.39 is 0 Å². The first kappa shape index (κ1) is 15.6. The lowest BCUT2D eigenvalue weighted by Crippen LogP contribution is -2.33. The Kier molecular flexibility index (Phi) is 4.06. The van der Waals surface area contributed by atoms with Crippen molar-refractivity contribution in [1.82, 2.24) is 19.9 Å². The molecule has 0 saturated heterocycles. The summed E-state index contributed by atoms with van der Waals surface area (Å²) < 4.78 is 1.86. The van der Waals surface area contributed by atoms with Crippen molar-refractivity contribution in [3.8, 4) is 5.82 Å². The number of hydrogen-bond acceptors (Lipinski definition) is 3. The molecule has 126 valence electrons. The van der Waals surface area contributed by atoms with Gasteiger partial charge in [-0.3, -0.25) is 9.36 Å². The van der Waals surface area contributed by atoms with Crippen molar-refractivity contribution in [3.63, 3.8) is 0 Å². The van der Waals surface area contributed by atoms with Gasteiger partial charge in [0, 0.05) is 30.7 Å². The largest absolute Gasteiger partial charge is 0.351 e. The third kappa shape index (κ3) is 3.31. The van der Waals surface area contributed by atoms with Crippen molar-refractivity contribution >= 4 is 5.91 Å². The Labute approximate surface area is 146 Å². The number of hydrogen-bond donors (Lipinski definition) is 1. The zero-order chi connectivity index (χ0) is 17.1. The lowest BCUT2D eigenvalue weighted by atomic mass is 9.95. The van der Waals surface area contributed by atoms with Crippen molar-refractivity contribution in [1.29, 1.82) is 0 Å². The second-order valence-electron chi connectivity index (χ2n) is 6.58. The molecule has 1 amide bonds. The minimum absolute atomic E-state index is 0.136. The van der Waals surface area contributed by atoms with E-state index in [4.69, 9.17) is 0 Å². The third-order valence-corrected chi connectivity index (χ3v) is 4.78. The maximum atomic E-state index is 12.8. The summed E-state index contributed by atoms with van der Waals surface area (Å²) in [5, 5.41) is 3.11. The SMILES string of the molecule is O=C(NCc1cccnc1-n1ccnc1)C1(Cc2ccccc2)CC1. The van der Waals surface area contributed by atoms with Gasteiger partial charge in [0.1, 0.15) is 12.1 Å². The maximum Gasteiger partial charge on any atom is 0.226 e. The highest BCUT2D eigenvalue weighted by molar-refractivity contribution is 5.85. The highest BCUT2D eigenvalue weighted by Crippen LogP contribution is 2.48. The van der Waals surface area contributed by atoms with Crippen LogP contribution >= 0.6 is 0 Å². The van der Waals surface area contributed by atoms with Crippen molar-refractivity contribution < 1.29 is 4.79 Å². The van der Waals surface area contributed by atoms with Crippen molar-refractivity contribution in [3.05, 3.63) is 78.5 Å². The van der Waals surface area contributed by atoms with Crippen molar-refractivity contribution in [2.45, 2.75) is 25.8 Å². The standard InChI is InChI=1S/C20H20N4O/c25-19(20(8-9-20)13-16-5-2-1-3-6-16)23-14-17-7-4-10-22-18(17)24-12-11-21-15-24/h1-7,10-12,15H,8-9,13-14H2,(H,23,25). The molecular formula is C20H20N4O. The van der Waals surface area contributed by atoms with Crippen LogP contribution in [0.4, 0.5) is 0 Å². The van der Waals surface area contributed by atoms with Gasteiger partial charge in [-0.15, -0.1) is 0 Å². The first-order valence-electron chi connectivity index (χ1n) is 8.51. The molecule has 25 heavy (non-hydrogen) atoms. The fraction of sp³-hybridized carbons (Fsp3) is 0.250. The highest BCUT2D eigenvalue weighted by Gasteiger charge is 2.49. The summed E-state index contributed by atoms with van der Waals surface area (Å²) >= 11 is 0. The van der Waals surface area contributed by atoms with Gasteiger partial charge in [-0.2, -0.15) is 0 Å². The number of benzene rings is 1. The van der Waals surface area contributed by atoms with E-state index in [1.807, 2.05) is 41.1 Å². The number of aromatic nitrogens is 3. The van der Waals surface area contributed by atoms with E-state index in [0.717, 1.165) is 30.6 Å². The fourth-order valence-corrected chi connectivity index (χ4v) is 3.17. The van der Waals surface area contributed by atoms with Gasteiger partial charge in [-0.25, -0.2) is 9.97 Å². The third-order valence-electron chi connectivity index (χ3n) is 4.78. The number of nitrogens with one attached hydrogen (secondary N) is 1. The molecule has 1 N–H and O–H groups in total. The van der Waals surface area contributed by atoms with Crippen LogP contribution in [-0.4, -0.2) is 20.4 Å². The monoisotopic (exact) mass is 332 g/mol. The Morgan fingerprint density at radius 3 is 2.68 bits per heavy atom. The molecule has 3 aromatic rings. The molecule has 0 atom stereocenters. The summed E-state index contributed by atoms with van der Waals surface area (Å²) in [5.41, 5.74) is 1.96. The van der Waals surface area contributed by atoms with Crippen molar-refractivity contribution in [2.75, 3.05) is 0 Å². The van der Waals surface area contributed by atoms with Gasteiger partial charge in [0.25, 0.3) is 0 Å². The molecule has 5 nitrogen and oxygen atoms in total. The summed E-state index contributed by atoms with van der Waals surface area (Å²) in [6.45, 7) is 0.469. The van der Waals surface area contributed by atoms with E-state index in [9.17, 15) is 4.79 Å². The van der Waals surface area contributed by atoms with Crippen LogP contribution in [-0.2, 0) is 17.8 Å². The molecule has 1 aliphatic rings. The van der Waals surface area contributed by atoms with Crippen LogP contribution in [0.3, 0.4) is 0 Å². The number of imidazole rings is 1. The fourth-order valence-electron chi connectivity index (χ4n) is 3.17. The smallest absolute Gasteiger partial charge is 0.226 e. The van der Waals surface area contributed by atoms with Crippen LogP contribution < -0.4 is 5.32 Å². The molecule has 1 saturated carbocycles. The van der Waals surface area contributed by atoms with Gasteiger partial charge in [0.2, 0.25) is 5.91 Å². The molecule has 0 unspecified atom stereocenters. The Morgan fingerprint density at radius 1 is 1.12 bits per heavy atom. The van der Waals surface area contributed by atoms with Gasteiger partial charge in [0.05, 0.1) is 5.41 Å². The van der Waals surface area contributed by atoms with E-state index >= 15 is 0 Å². The second kappa shape index (κ2) is 6.51. The van der Waals surface area contributed by atoms with Crippen LogP contribution in [0.25, 0.3) is 5.82 Å². The first-order valence-corrected chi connectivity index (χ1v) is 8.51. The molecule has 4 rings (SSSR count). The molecule has 0 radical (unpaired) electrons. The summed E-state index contributed by atoms with van der Waals surface area (Å²) in [6, 6.07) is 14.1. The molecule has 5 heteroatoms. The van der Waals surface area contributed by atoms with Gasteiger partial charge < -0.3 is 5.32 Å². The Hall–Kier alpha value is -2.95. The average Bonchev–Trinajstić information content (AvgIpc) is 3.23. The minimum atomic E-state index is -0.237. The van der Waals surface area contributed by atoms with Gasteiger partial charge >= 0.3 is 0 Å². The molecule has 1 aromatic carbocycles. The summed E-state index contributed by atoms with van der Waals surface area (Å²) in [6.07, 6.45) is 9.75. The van der Waals surface area contributed by atoms with E-state index in [1.54, 1.807) is 18.7 Å². The maximum absolute atomic E-state index is 12.8. The Balaban J connectivity index is 1.45. The van der Waals surface area contributed by atoms with Crippen LogP contribution in [0.5, 0.6) is 0 Å². The second-order valence-corrected chi connectivity index (χ2v) is 6.58. The molecular weight excluding hydrogens is 312 g/mol. The lowest BCUT2D eigenvalue weighted by Gasteiger charge is -2.16. The van der Waals surface area contributed by atoms with E-state index in [1.165, 1.54) is 5.56 Å².